The van der Waals surface area contributed by atoms with E-state index in [0.29, 0.717) is 16.7 Å². The number of rotatable bonds is 9. The molecule has 0 saturated carbocycles. The smallest absolute Gasteiger partial charge is 0.337 e. The molecule has 0 radical (unpaired) electrons. The lowest BCUT2D eigenvalue weighted by atomic mass is 10.1. The molecule has 1 aliphatic heterocycles. The molecule has 36 heavy (non-hydrogen) atoms. The number of nitrogens with zero attached hydrogens (tertiary/aromatic N) is 5. The van der Waals surface area contributed by atoms with Crippen molar-refractivity contribution in [3.63, 3.8) is 0 Å². The van der Waals surface area contributed by atoms with Crippen LogP contribution in [0.25, 0.3) is 16.7 Å². The summed E-state index contributed by atoms with van der Waals surface area (Å²) >= 11 is 0. The van der Waals surface area contributed by atoms with Gasteiger partial charge in [0.1, 0.15) is 16.7 Å². The number of benzene rings is 2. The maximum Gasteiger partial charge on any atom is 0.337 e. The molecule has 2 N–H and O–H groups in total. The van der Waals surface area contributed by atoms with E-state index >= 15 is 0 Å². The van der Waals surface area contributed by atoms with E-state index in [-0.39, 0.29) is 36.9 Å². The summed E-state index contributed by atoms with van der Waals surface area (Å²) < 4.78 is 4.87. The number of aryl methyl sites for hydroxylation is 2. The van der Waals surface area contributed by atoms with Gasteiger partial charge in [0.25, 0.3) is 5.91 Å². The summed E-state index contributed by atoms with van der Waals surface area (Å²) in [5.74, 6) is -0.948. The van der Waals surface area contributed by atoms with Crippen molar-refractivity contribution in [2.45, 2.75) is 27.7 Å². The molecule has 1 aromatic heterocycles. The fraction of sp³-hybridized carbons (Fsp3) is 0.385. The first-order chi connectivity index (χ1) is 17.3. The Balaban J connectivity index is 1.68. The number of hydrogen-bond acceptors (Lipinski definition) is 8. The van der Waals surface area contributed by atoms with Gasteiger partial charge in [-0.15, -0.1) is 10.2 Å². The van der Waals surface area contributed by atoms with Gasteiger partial charge in [-0.25, -0.2) is 4.79 Å². The molecule has 0 fully saturated rings. The zero-order valence-corrected chi connectivity index (χ0v) is 21.3. The molecule has 0 spiro atoms. The number of aliphatic hydroxyl groups excluding tert-OH is 1. The van der Waals surface area contributed by atoms with Gasteiger partial charge in [0.2, 0.25) is 0 Å². The van der Waals surface area contributed by atoms with Crippen LogP contribution in [-0.4, -0.2) is 76.8 Å². The van der Waals surface area contributed by atoms with Crippen LogP contribution < -0.4 is 10.2 Å². The summed E-state index contributed by atoms with van der Waals surface area (Å²) in [6, 6.07) is 9.95. The molecule has 1 aliphatic rings. The van der Waals surface area contributed by atoms with E-state index in [0.717, 1.165) is 35.6 Å². The Morgan fingerprint density at radius 3 is 2.42 bits per heavy atom. The third kappa shape index (κ3) is 4.64. The molecule has 0 atom stereocenters. The maximum absolute atomic E-state index is 12.9. The summed E-state index contributed by atoms with van der Waals surface area (Å²) in [6.07, 6.45) is 0. The average Bonchev–Trinajstić information content (AvgIpc) is 3.40. The topological polar surface area (TPSA) is 113 Å². The van der Waals surface area contributed by atoms with Crippen molar-refractivity contribution < 1.29 is 19.4 Å². The molecular weight excluding hydrogens is 460 g/mol. The van der Waals surface area contributed by atoms with Crippen molar-refractivity contribution >= 4 is 34.3 Å². The molecular formula is C26H32N6O4. The number of esters is 1. The first-order valence-corrected chi connectivity index (χ1v) is 12.0. The Kier molecular flexibility index (Phi) is 7.25. The van der Waals surface area contributed by atoms with E-state index in [1.54, 1.807) is 4.80 Å². The number of nitrogens with one attached hydrogen (secondary N) is 1. The van der Waals surface area contributed by atoms with Gasteiger partial charge in [0.15, 0.2) is 0 Å². The van der Waals surface area contributed by atoms with Crippen molar-refractivity contribution in [1.29, 1.82) is 0 Å². The Bertz CT molecular complexity index is 1340. The molecule has 10 nitrogen and oxygen atoms in total. The molecule has 0 unspecified atom stereocenters. The fourth-order valence-electron chi connectivity index (χ4n) is 4.44. The van der Waals surface area contributed by atoms with Crippen molar-refractivity contribution in [3.05, 3.63) is 52.7 Å². The maximum atomic E-state index is 12.9. The average molecular weight is 493 g/mol. The van der Waals surface area contributed by atoms with Crippen LogP contribution in [0.3, 0.4) is 0 Å². The van der Waals surface area contributed by atoms with E-state index < -0.39 is 5.97 Å². The summed E-state index contributed by atoms with van der Waals surface area (Å²) in [4.78, 5) is 30.5. The van der Waals surface area contributed by atoms with Crippen LogP contribution in [0.1, 0.15) is 25.0 Å². The SMILES string of the molecule is CCN(CC)c1ccc(-n2nc3cc(C)c(NC4=C(C(=O)OC)CN(CCO)C4=O)cc3n2)c(C)c1. The highest BCUT2D eigenvalue weighted by Gasteiger charge is 2.34. The molecule has 0 bridgehead atoms. The monoisotopic (exact) mass is 492 g/mol. The highest BCUT2D eigenvalue weighted by atomic mass is 16.5. The van der Waals surface area contributed by atoms with Crippen LogP contribution in [0, 0.1) is 13.8 Å². The van der Waals surface area contributed by atoms with Gasteiger partial charge in [-0.3, -0.25) is 4.79 Å². The van der Waals surface area contributed by atoms with Crippen LogP contribution in [0.15, 0.2) is 41.6 Å². The Hall–Kier alpha value is -3.92. The lowest BCUT2D eigenvalue weighted by molar-refractivity contribution is -0.136. The number of aromatic nitrogens is 3. The molecule has 1 amide bonds. The van der Waals surface area contributed by atoms with Crippen LogP contribution in [0.4, 0.5) is 11.4 Å². The second kappa shape index (κ2) is 10.4. The van der Waals surface area contributed by atoms with Gasteiger partial charge in [-0.05, 0) is 69.2 Å². The minimum absolute atomic E-state index is 0.0780. The van der Waals surface area contributed by atoms with E-state index in [4.69, 9.17) is 4.74 Å². The van der Waals surface area contributed by atoms with E-state index in [9.17, 15) is 14.7 Å². The number of ether oxygens (including phenoxy) is 1. The number of aliphatic hydroxyl groups is 1. The number of β-amino-alcohol motifs (C(OH)–C–C–N with tert-alkyl or cyclic N) is 1. The van der Waals surface area contributed by atoms with Crippen molar-refractivity contribution in [1.82, 2.24) is 19.9 Å². The number of amides is 1. The van der Waals surface area contributed by atoms with Gasteiger partial charge in [-0.2, -0.15) is 4.80 Å². The van der Waals surface area contributed by atoms with Crippen LogP contribution in [0.2, 0.25) is 0 Å². The number of hydrogen-bond donors (Lipinski definition) is 2. The van der Waals surface area contributed by atoms with E-state index in [1.165, 1.54) is 12.0 Å². The predicted octanol–water partition coefficient (Wildman–Crippen LogP) is 2.56. The first kappa shape index (κ1) is 25.2. The normalized spacial score (nSPS) is 13.6. The standard InChI is InChI=1S/C26H32N6O4/c1-6-30(7-2)18-8-9-23(17(4)12-18)32-28-21-13-16(3)20(14-22(21)29-32)27-24-19(26(35)36-5)15-31(10-11-33)25(24)34/h8-9,12-14,27,33H,6-7,10-11,15H2,1-5H3. The highest BCUT2D eigenvalue weighted by Crippen LogP contribution is 2.28. The lowest BCUT2D eigenvalue weighted by Crippen LogP contribution is -2.31. The molecule has 0 saturated heterocycles. The minimum Gasteiger partial charge on any atom is -0.466 e. The zero-order chi connectivity index (χ0) is 26.0. The van der Waals surface area contributed by atoms with Crippen molar-refractivity contribution in [3.8, 4) is 5.69 Å². The van der Waals surface area contributed by atoms with Gasteiger partial charge in [0, 0.05) is 31.0 Å². The number of anilines is 2. The van der Waals surface area contributed by atoms with Gasteiger partial charge in [0.05, 0.1) is 31.5 Å². The van der Waals surface area contributed by atoms with Crippen LogP contribution in [-0.2, 0) is 14.3 Å². The Labute approximate surface area is 210 Å². The molecule has 10 heteroatoms. The first-order valence-electron chi connectivity index (χ1n) is 12.0. The van der Waals surface area contributed by atoms with Crippen LogP contribution in [0.5, 0.6) is 0 Å². The third-order valence-corrected chi connectivity index (χ3v) is 6.46. The zero-order valence-electron chi connectivity index (χ0n) is 21.3. The van der Waals surface area contributed by atoms with Crippen LogP contribution >= 0.6 is 0 Å². The largest absolute Gasteiger partial charge is 0.466 e. The number of fused-ring (bicyclic) bond motifs is 1. The second-order valence-corrected chi connectivity index (χ2v) is 8.71. The third-order valence-electron chi connectivity index (χ3n) is 6.46. The number of carbonyl (C=O) groups is 2. The van der Waals surface area contributed by atoms with Gasteiger partial charge < -0.3 is 25.0 Å². The predicted molar refractivity (Wildman–Crippen MR) is 138 cm³/mol. The second-order valence-electron chi connectivity index (χ2n) is 8.71. The molecule has 3 aromatic rings. The van der Waals surface area contributed by atoms with Gasteiger partial charge >= 0.3 is 5.97 Å². The summed E-state index contributed by atoms with van der Waals surface area (Å²) in [7, 11) is 1.28. The minimum atomic E-state index is -0.584. The number of carbonyl (C=O) groups excluding carboxylic acids is 2. The summed E-state index contributed by atoms with van der Waals surface area (Å²) in [5.41, 5.74) is 6.31. The highest BCUT2D eigenvalue weighted by molar-refractivity contribution is 6.08. The molecule has 4 rings (SSSR count). The fourth-order valence-corrected chi connectivity index (χ4v) is 4.44. The molecule has 0 aliphatic carbocycles. The molecule has 2 heterocycles. The van der Waals surface area contributed by atoms with Crippen molar-refractivity contribution in [2.75, 3.05) is 50.1 Å². The van der Waals surface area contributed by atoms with Gasteiger partial charge in [-0.1, -0.05) is 0 Å². The van der Waals surface area contributed by atoms with Crippen molar-refractivity contribution in [2.24, 2.45) is 0 Å². The summed E-state index contributed by atoms with van der Waals surface area (Å²) in [5, 5.41) is 21.8. The number of methoxy groups -OCH3 is 1. The Morgan fingerprint density at radius 2 is 1.81 bits per heavy atom. The van der Waals surface area contributed by atoms with E-state index in [1.807, 2.05) is 32.0 Å². The lowest BCUT2D eigenvalue weighted by Gasteiger charge is -2.22. The van der Waals surface area contributed by atoms with E-state index in [2.05, 4.69) is 46.4 Å². The summed E-state index contributed by atoms with van der Waals surface area (Å²) in [6.45, 7) is 10.1. The molecule has 2 aromatic carbocycles. The Morgan fingerprint density at radius 1 is 1.11 bits per heavy atom. The molecule has 190 valence electrons. The quantitative estimate of drug-likeness (QED) is 0.438.